The van der Waals surface area contributed by atoms with Gasteiger partial charge in [-0.1, -0.05) is 6.07 Å². The van der Waals surface area contributed by atoms with Gasteiger partial charge in [0.25, 0.3) is 0 Å². The summed E-state index contributed by atoms with van der Waals surface area (Å²) >= 11 is 0. The average Bonchev–Trinajstić information content (AvgIpc) is 3.25. The molecule has 2 atom stereocenters. The first-order valence-electron chi connectivity index (χ1n) is 6.90. The number of aliphatic hydroxyl groups excluding tert-OH is 1. The lowest BCUT2D eigenvalue weighted by Gasteiger charge is -2.22. The van der Waals surface area contributed by atoms with Gasteiger partial charge in [-0.2, -0.15) is 0 Å². The Labute approximate surface area is 113 Å². The molecule has 4 nitrogen and oxygen atoms in total. The first-order valence-corrected chi connectivity index (χ1v) is 6.90. The van der Waals surface area contributed by atoms with E-state index < -0.39 is 6.10 Å². The molecule has 2 unspecified atom stereocenters. The molecule has 19 heavy (non-hydrogen) atoms. The maximum absolute atomic E-state index is 10.4. The van der Waals surface area contributed by atoms with Gasteiger partial charge in [0.05, 0.1) is 19.3 Å². The Morgan fingerprint density at radius 1 is 1.21 bits per heavy atom. The van der Waals surface area contributed by atoms with E-state index in [0.29, 0.717) is 19.1 Å². The fourth-order valence-corrected chi connectivity index (χ4v) is 2.56. The van der Waals surface area contributed by atoms with E-state index in [4.69, 9.17) is 14.2 Å². The second-order valence-electron chi connectivity index (χ2n) is 5.24. The monoisotopic (exact) mass is 264 g/mol. The van der Waals surface area contributed by atoms with E-state index in [1.165, 1.54) is 0 Å². The topological polar surface area (TPSA) is 47.9 Å². The highest BCUT2D eigenvalue weighted by atomic mass is 16.5. The molecule has 1 aliphatic carbocycles. The van der Waals surface area contributed by atoms with E-state index in [0.717, 1.165) is 36.3 Å². The van der Waals surface area contributed by atoms with Gasteiger partial charge in [0.1, 0.15) is 6.10 Å². The Kier molecular flexibility index (Phi) is 3.62. The SMILES string of the molecule is COC(C1CC1)C(O)c1ccc2c(c1)OCCCO2. The van der Waals surface area contributed by atoms with Crippen LogP contribution in [-0.2, 0) is 4.74 Å². The second-order valence-corrected chi connectivity index (χ2v) is 5.24. The average molecular weight is 264 g/mol. The molecule has 0 amide bonds. The molecule has 1 saturated carbocycles. The molecule has 3 rings (SSSR count). The first-order chi connectivity index (χ1) is 9.29. The van der Waals surface area contributed by atoms with Gasteiger partial charge < -0.3 is 19.3 Å². The van der Waals surface area contributed by atoms with E-state index >= 15 is 0 Å². The predicted octanol–water partition coefficient (Wildman–Crippen LogP) is 2.31. The van der Waals surface area contributed by atoms with Gasteiger partial charge in [-0.25, -0.2) is 0 Å². The van der Waals surface area contributed by atoms with Crippen LogP contribution in [0, 0.1) is 5.92 Å². The summed E-state index contributed by atoms with van der Waals surface area (Å²) in [4.78, 5) is 0. The van der Waals surface area contributed by atoms with Crippen LogP contribution >= 0.6 is 0 Å². The summed E-state index contributed by atoms with van der Waals surface area (Å²) in [7, 11) is 1.66. The summed E-state index contributed by atoms with van der Waals surface area (Å²) in [5.74, 6) is 1.96. The largest absolute Gasteiger partial charge is 0.490 e. The lowest BCUT2D eigenvalue weighted by Crippen LogP contribution is -2.23. The number of ether oxygens (including phenoxy) is 3. The molecule has 1 aromatic rings. The van der Waals surface area contributed by atoms with Crippen molar-refractivity contribution in [3.8, 4) is 11.5 Å². The standard InChI is InChI=1S/C15H20O4/c1-17-15(10-3-4-10)14(16)11-5-6-12-13(9-11)19-8-2-7-18-12/h5-6,9-10,14-16H,2-4,7-8H2,1H3. The van der Waals surface area contributed by atoms with Crippen molar-refractivity contribution in [2.45, 2.75) is 31.5 Å². The number of methoxy groups -OCH3 is 1. The van der Waals surface area contributed by atoms with Crippen LogP contribution in [0.1, 0.15) is 30.9 Å². The summed E-state index contributed by atoms with van der Waals surface area (Å²) in [6.07, 6.45) is 2.44. The van der Waals surface area contributed by atoms with Gasteiger partial charge in [0.2, 0.25) is 0 Å². The molecule has 1 fully saturated rings. The molecule has 0 radical (unpaired) electrons. The van der Waals surface area contributed by atoms with E-state index in [1.54, 1.807) is 7.11 Å². The number of rotatable bonds is 4. The fraction of sp³-hybridized carbons (Fsp3) is 0.600. The molecule has 4 heteroatoms. The van der Waals surface area contributed by atoms with Crippen LogP contribution in [0.5, 0.6) is 11.5 Å². The van der Waals surface area contributed by atoms with Crippen LogP contribution in [0.15, 0.2) is 18.2 Å². The third kappa shape index (κ3) is 2.69. The highest BCUT2D eigenvalue weighted by Gasteiger charge is 2.37. The lowest BCUT2D eigenvalue weighted by atomic mass is 10.0. The van der Waals surface area contributed by atoms with Crippen molar-refractivity contribution in [1.29, 1.82) is 0 Å². The number of aliphatic hydroxyl groups is 1. The number of benzene rings is 1. The van der Waals surface area contributed by atoms with Crippen LogP contribution < -0.4 is 9.47 Å². The number of fused-ring (bicyclic) bond motifs is 1. The molecular weight excluding hydrogens is 244 g/mol. The van der Waals surface area contributed by atoms with E-state index in [9.17, 15) is 5.11 Å². The van der Waals surface area contributed by atoms with E-state index in [2.05, 4.69) is 0 Å². The molecule has 104 valence electrons. The maximum atomic E-state index is 10.4. The number of hydrogen-bond donors (Lipinski definition) is 1. The van der Waals surface area contributed by atoms with Gasteiger partial charge in [0, 0.05) is 13.5 Å². The van der Waals surface area contributed by atoms with Crippen LogP contribution in [0.25, 0.3) is 0 Å². The third-order valence-corrected chi connectivity index (χ3v) is 3.78. The van der Waals surface area contributed by atoms with Crippen molar-refractivity contribution < 1.29 is 19.3 Å². The Morgan fingerprint density at radius 2 is 1.95 bits per heavy atom. The van der Waals surface area contributed by atoms with Crippen molar-refractivity contribution in [3.05, 3.63) is 23.8 Å². The van der Waals surface area contributed by atoms with Crippen LogP contribution in [0.2, 0.25) is 0 Å². The molecule has 1 heterocycles. The van der Waals surface area contributed by atoms with Gasteiger partial charge >= 0.3 is 0 Å². The van der Waals surface area contributed by atoms with Crippen LogP contribution in [0.3, 0.4) is 0 Å². The zero-order valence-electron chi connectivity index (χ0n) is 11.2. The molecule has 1 N–H and O–H groups in total. The minimum Gasteiger partial charge on any atom is -0.490 e. The first kappa shape index (κ1) is 12.8. The molecule has 1 aromatic carbocycles. The fourth-order valence-electron chi connectivity index (χ4n) is 2.56. The molecule has 0 spiro atoms. The summed E-state index contributed by atoms with van der Waals surface area (Å²) in [5.41, 5.74) is 0.836. The molecule has 2 aliphatic rings. The highest BCUT2D eigenvalue weighted by Crippen LogP contribution is 2.41. The Morgan fingerprint density at radius 3 is 2.63 bits per heavy atom. The normalized spacial score (nSPS) is 21.6. The Balaban J connectivity index is 1.82. The van der Waals surface area contributed by atoms with Gasteiger partial charge in [-0.05, 0) is 36.5 Å². The zero-order chi connectivity index (χ0) is 13.2. The summed E-state index contributed by atoms with van der Waals surface area (Å²) in [6.45, 7) is 1.33. The summed E-state index contributed by atoms with van der Waals surface area (Å²) in [5, 5.41) is 10.4. The smallest absolute Gasteiger partial charge is 0.161 e. The molecular formula is C15H20O4. The Hall–Kier alpha value is -1.26. The summed E-state index contributed by atoms with van der Waals surface area (Å²) in [6, 6.07) is 5.64. The Bertz CT molecular complexity index is 442. The van der Waals surface area contributed by atoms with Gasteiger partial charge in [-0.15, -0.1) is 0 Å². The van der Waals surface area contributed by atoms with Gasteiger partial charge in [0.15, 0.2) is 11.5 Å². The predicted molar refractivity (Wildman–Crippen MR) is 70.5 cm³/mol. The van der Waals surface area contributed by atoms with E-state index in [1.807, 2.05) is 18.2 Å². The molecule has 0 saturated heterocycles. The van der Waals surface area contributed by atoms with Crippen molar-refractivity contribution in [2.75, 3.05) is 20.3 Å². The highest BCUT2D eigenvalue weighted by molar-refractivity contribution is 5.44. The maximum Gasteiger partial charge on any atom is 0.161 e. The van der Waals surface area contributed by atoms with Crippen molar-refractivity contribution >= 4 is 0 Å². The van der Waals surface area contributed by atoms with Crippen LogP contribution in [0.4, 0.5) is 0 Å². The second kappa shape index (κ2) is 5.39. The molecule has 1 aliphatic heterocycles. The minimum absolute atomic E-state index is 0.121. The number of hydrogen-bond acceptors (Lipinski definition) is 4. The van der Waals surface area contributed by atoms with Gasteiger partial charge in [-0.3, -0.25) is 0 Å². The lowest BCUT2D eigenvalue weighted by molar-refractivity contribution is -0.0260. The molecule has 0 bridgehead atoms. The zero-order valence-corrected chi connectivity index (χ0v) is 11.2. The third-order valence-electron chi connectivity index (χ3n) is 3.78. The van der Waals surface area contributed by atoms with Crippen molar-refractivity contribution in [2.24, 2.45) is 5.92 Å². The van der Waals surface area contributed by atoms with Crippen LogP contribution in [-0.4, -0.2) is 31.5 Å². The van der Waals surface area contributed by atoms with Crippen molar-refractivity contribution in [1.82, 2.24) is 0 Å². The van der Waals surface area contributed by atoms with Crippen molar-refractivity contribution in [3.63, 3.8) is 0 Å². The van der Waals surface area contributed by atoms with E-state index in [-0.39, 0.29) is 6.10 Å². The quantitative estimate of drug-likeness (QED) is 0.906. The summed E-state index contributed by atoms with van der Waals surface area (Å²) < 4.78 is 16.7. The molecule has 0 aromatic heterocycles. The minimum atomic E-state index is -0.602.